The molecule has 0 unspecified atom stereocenters. The van der Waals surface area contributed by atoms with Gasteiger partial charge in [0.25, 0.3) is 5.56 Å². The Kier molecular flexibility index (Phi) is 5.02. The minimum absolute atomic E-state index is 0.102. The third kappa shape index (κ3) is 3.36. The number of nitrogens with zero attached hydrogens (tertiary/aromatic N) is 7. The Morgan fingerprint density at radius 2 is 1.97 bits per heavy atom. The van der Waals surface area contributed by atoms with Crippen molar-refractivity contribution in [1.29, 1.82) is 5.26 Å². The first kappa shape index (κ1) is 19.1. The molecule has 0 aromatic carbocycles. The number of rotatable bonds is 5. The van der Waals surface area contributed by atoms with Gasteiger partial charge >= 0.3 is 5.69 Å². The molecule has 4 heterocycles. The summed E-state index contributed by atoms with van der Waals surface area (Å²) in [5, 5.41) is 18.9. The van der Waals surface area contributed by atoms with Gasteiger partial charge in [-0.2, -0.15) is 5.26 Å². The van der Waals surface area contributed by atoms with Crippen molar-refractivity contribution < 1.29 is 4.42 Å². The average Bonchev–Trinajstić information content (AvgIpc) is 3.48. The molecule has 29 heavy (non-hydrogen) atoms. The molecule has 3 aromatic rings. The number of anilines is 1. The fourth-order valence-electron chi connectivity index (χ4n) is 3.33. The van der Waals surface area contributed by atoms with E-state index in [2.05, 4.69) is 15.1 Å². The van der Waals surface area contributed by atoms with E-state index in [1.165, 1.54) is 18.7 Å². The summed E-state index contributed by atoms with van der Waals surface area (Å²) in [6.07, 6.45) is 3.76. The molecule has 10 nitrogen and oxygen atoms in total. The summed E-state index contributed by atoms with van der Waals surface area (Å²) >= 11 is 1.08. The topological polar surface area (TPSA) is 115 Å². The number of nitriles is 1. The molecule has 0 atom stereocenters. The largest absolute Gasteiger partial charge is 0.467 e. The SMILES string of the molecule is Cn1c(Sc2nnc(N3CCCC3)n2Cc2ccco2)c(C#N)c(=O)n(C)c1=O. The maximum atomic E-state index is 12.4. The van der Waals surface area contributed by atoms with E-state index in [9.17, 15) is 14.9 Å². The number of hydrogen-bond acceptors (Lipinski definition) is 8. The minimum atomic E-state index is -0.630. The van der Waals surface area contributed by atoms with Gasteiger partial charge in [-0.15, -0.1) is 10.2 Å². The highest BCUT2D eigenvalue weighted by Crippen LogP contribution is 2.31. The third-order valence-electron chi connectivity index (χ3n) is 4.89. The van der Waals surface area contributed by atoms with Crippen LogP contribution in [-0.2, 0) is 20.6 Å². The van der Waals surface area contributed by atoms with E-state index in [0.29, 0.717) is 17.6 Å². The van der Waals surface area contributed by atoms with E-state index >= 15 is 0 Å². The second kappa shape index (κ2) is 7.63. The summed E-state index contributed by atoms with van der Waals surface area (Å²) in [6.45, 7) is 2.17. The molecule has 0 N–H and O–H groups in total. The van der Waals surface area contributed by atoms with Crippen LogP contribution in [0.5, 0.6) is 0 Å². The van der Waals surface area contributed by atoms with Gasteiger partial charge in [0, 0.05) is 27.2 Å². The molecule has 1 aliphatic heterocycles. The lowest BCUT2D eigenvalue weighted by molar-refractivity contribution is 0.483. The Labute approximate surface area is 170 Å². The van der Waals surface area contributed by atoms with Crippen LogP contribution in [0.4, 0.5) is 5.95 Å². The van der Waals surface area contributed by atoms with E-state index < -0.39 is 11.2 Å². The lowest BCUT2D eigenvalue weighted by Gasteiger charge is -2.18. The van der Waals surface area contributed by atoms with E-state index in [1.54, 1.807) is 12.3 Å². The predicted molar refractivity (Wildman–Crippen MR) is 105 cm³/mol. The van der Waals surface area contributed by atoms with Crippen LogP contribution in [0.2, 0.25) is 0 Å². The normalized spacial score (nSPS) is 13.8. The molecule has 1 aliphatic rings. The van der Waals surface area contributed by atoms with Crippen LogP contribution in [0.3, 0.4) is 0 Å². The Morgan fingerprint density at radius 3 is 2.62 bits per heavy atom. The maximum absolute atomic E-state index is 12.4. The zero-order valence-electron chi connectivity index (χ0n) is 16.0. The summed E-state index contributed by atoms with van der Waals surface area (Å²) in [5.41, 5.74) is -1.24. The van der Waals surface area contributed by atoms with Gasteiger partial charge in [-0.25, -0.2) is 4.79 Å². The molecule has 0 saturated carbocycles. The summed E-state index contributed by atoms with van der Waals surface area (Å²) < 4.78 is 9.58. The zero-order chi connectivity index (χ0) is 20.5. The van der Waals surface area contributed by atoms with Gasteiger partial charge in [0.2, 0.25) is 5.95 Å². The Hall–Kier alpha value is -3.26. The van der Waals surface area contributed by atoms with Crippen LogP contribution in [-0.4, -0.2) is 37.0 Å². The van der Waals surface area contributed by atoms with Crippen LogP contribution in [0, 0.1) is 11.3 Å². The van der Waals surface area contributed by atoms with Crippen molar-refractivity contribution >= 4 is 17.7 Å². The highest BCUT2D eigenvalue weighted by atomic mass is 32.2. The average molecular weight is 413 g/mol. The molecule has 11 heteroatoms. The van der Waals surface area contributed by atoms with Crippen molar-refractivity contribution in [2.45, 2.75) is 29.6 Å². The fraction of sp³-hybridized carbons (Fsp3) is 0.389. The molecule has 0 radical (unpaired) electrons. The van der Waals surface area contributed by atoms with Crippen molar-refractivity contribution in [3.63, 3.8) is 0 Å². The standard InChI is InChI=1S/C18H19N7O3S/c1-22-14(26)13(10-19)15(23(2)18(22)27)29-17-21-20-16(24-7-3-4-8-24)25(17)11-12-6-5-9-28-12/h5-6,9H,3-4,7-8,11H2,1-2H3. The molecular weight excluding hydrogens is 394 g/mol. The summed E-state index contributed by atoms with van der Waals surface area (Å²) in [7, 11) is 2.88. The molecule has 0 amide bonds. The van der Waals surface area contributed by atoms with Gasteiger partial charge in [-0.3, -0.25) is 18.5 Å². The molecule has 150 valence electrons. The molecule has 3 aromatic heterocycles. The van der Waals surface area contributed by atoms with Crippen molar-refractivity contribution in [3.8, 4) is 6.07 Å². The Balaban J connectivity index is 1.81. The van der Waals surface area contributed by atoms with E-state index in [4.69, 9.17) is 4.42 Å². The first-order valence-corrected chi connectivity index (χ1v) is 9.91. The zero-order valence-corrected chi connectivity index (χ0v) is 16.8. The van der Waals surface area contributed by atoms with Gasteiger partial charge < -0.3 is 9.32 Å². The quantitative estimate of drug-likeness (QED) is 0.568. The lowest BCUT2D eigenvalue weighted by Crippen LogP contribution is -2.39. The van der Waals surface area contributed by atoms with Crippen LogP contribution in [0.1, 0.15) is 24.2 Å². The highest BCUT2D eigenvalue weighted by Gasteiger charge is 2.25. The molecular formula is C18H19N7O3S. The molecule has 1 fully saturated rings. The van der Waals surface area contributed by atoms with Crippen molar-refractivity contribution in [2.24, 2.45) is 14.1 Å². The molecule has 0 aliphatic carbocycles. The number of hydrogen-bond donors (Lipinski definition) is 0. The van der Waals surface area contributed by atoms with Crippen LogP contribution < -0.4 is 16.1 Å². The van der Waals surface area contributed by atoms with Crippen molar-refractivity contribution in [3.05, 3.63) is 50.6 Å². The lowest BCUT2D eigenvalue weighted by atomic mass is 10.3. The summed E-state index contributed by atoms with van der Waals surface area (Å²) in [5.74, 6) is 1.43. The second-order valence-electron chi connectivity index (χ2n) is 6.74. The third-order valence-corrected chi connectivity index (χ3v) is 6.05. The second-order valence-corrected chi connectivity index (χ2v) is 7.70. The molecule has 0 spiro atoms. The van der Waals surface area contributed by atoms with Gasteiger partial charge in [0.05, 0.1) is 12.8 Å². The van der Waals surface area contributed by atoms with Crippen LogP contribution in [0.25, 0.3) is 0 Å². The number of furan rings is 1. The minimum Gasteiger partial charge on any atom is -0.467 e. The molecule has 0 bridgehead atoms. The van der Waals surface area contributed by atoms with E-state index in [1.807, 2.05) is 16.7 Å². The van der Waals surface area contributed by atoms with Crippen LogP contribution in [0.15, 0.2) is 42.6 Å². The number of aromatic nitrogens is 5. The Morgan fingerprint density at radius 1 is 1.21 bits per heavy atom. The summed E-state index contributed by atoms with van der Waals surface area (Å²) in [6, 6.07) is 5.58. The van der Waals surface area contributed by atoms with Crippen molar-refractivity contribution in [2.75, 3.05) is 18.0 Å². The summed E-state index contributed by atoms with van der Waals surface area (Å²) in [4.78, 5) is 26.9. The molecule has 1 saturated heterocycles. The fourth-order valence-corrected chi connectivity index (χ4v) is 4.29. The monoisotopic (exact) mass is 413 g/mol. The maximum Gasteiger partial charge on any atom is 0.331 e. The molecule has 4 rings (SSSR count). The predicted octanol–water partition coefficient (Wildman–Crippen LogP) is 0.940. The van der Waals surface area contributed by atoms with Gasteiger partial charge in [0.15, 0.2) is 5.16 Å². The smallest absolute Gasteiger partial charge is 0.331 e. The first-order chi connectivity index (χ1) is 14.0. The van der Waals surface area contributed by atoms with E-state index in [-0.39, 0.29) is 10.6 Å². The van der Waals surface area contributed by atoms with Gasteiger partial charge in [0.1, 0.15) is 22.4 Å². The highest BCUT2D eigenvalue weighted by molar-refractivity contribution is 7.99. The Bertz CT molecular complexity index is 1190. The van der Waals surface area contributed by atoms with Gasteiger partial charge in [-0.05, 0) is 36.7 Å². The first-order valence-electron chi connectivity index (χ1n) is 9.09. The van der Waals surface area contributed by atoms with Gasteiger partial charge in [-0.1, -0.05) is 0 Å². The van der Waals surface area contributed by atoms with Crippen molar-refractivity contribution in [1.82, 2.24) is 23.9 Å². The van der Waals surface area contributed by atoms with E-state index in [0.717, 1.165) is 48.0 Å². The van der Waals surface area contributed by atoms with Crippen LogP contribution >= 0.6 is 11.8 Å².